The van der Waals surface area contributed by atoms with Crippen molar-refractivity contribution in [2.45, 2.75) is 52.3 Å². The summed E-state index contributed by atoms with van der Waals surface area (Å²) < 4.78 is 7.71. The van der Waals surface area contributed by atoms with Crippen LogP contribution in [-0.2, 0) is 11.3 Å². The quantitative estimate of drug-likeness (QED) is 0.843. The Hall–Kier alpha value is -0.870. The van der Waals surface area contributed by atoms with E-state index in [0.29, 0.717) is 18.1 Å². The normalized spacial score (nSPS) is 25.5. The molecule has 1 aliphatic rings. The van der Waals surface area contributed by atoms with Gasteiger partial charge in [0.1, 0.15) is 0 Å². The van der Waals surface area contributed by atoms with Crippen LogP contribution in [0.15, 0.2) is 12.4 Å². The molecule has 0 saturated carbocycles. The molecule has 18 heavy (non-hydrogen) atoms. The van der Waals surface area contributed by atoms with Crippen molar-refractivity contribution in [2.75, 3.05) is 13.2 Å². The van der Waals surface area contributed by atoms with E-state index in [1.54, 1.807) is 0 Å². The van der Waals surface area contributed by atoms with Gasteiger partial charge in [-0.3, -0.25) is 4.68 Å². The summed E-state index contributed by atoms with van der Waals surface area (Å²) in [7, 11) is 0. The molecule has 1 aliphatic heterocycles. The van der Waals surface area contributed by atoms with Crippen LogP contribution in [0.25, 0.3) is 0 Å². The topological polar surface area (TPSA) is 39.1 Å². The molecule has 0 spiro atoms. The molecule has 4 heteroatoms. The Morgan fingerprint density at radius 2 is 2.39 bits per heavy atom. The van der Waals surface area contributed by atoms with Crippen LogP contribution in [0.3, 0.4) is 0 Å². The molecule has 3 unspecified atom stereocenters. The second-order valence-corrected chi connectivity index (χ2v) is 5.09. The van der Waals surface area contributed by atoms with Crippen LogP contribution in [-0.4, -0.2) is 29.0 Å². The molecule has 3 atom stereocenters. The van der Waals surface area contributed by atoms with Crippen LogP contribution < -0.4 is 5.32 Å². The highest BCUT2D eigenvalue weighted by atomic mass is 16.5. The van der Waals surface area contributed by atoms with Crippen LogP contribution in [0.1, 0.15) is 45.2 Å². The van der Waals surface area contributed by atoms with E-state index in [1.165, 1.54) is 5.56 Å². The lowest BCUT2D eigenvalue weighted by Gasteiger charge is -2.26. The zero-order valence-electron chi connectivity index (χ0n) is 11.7. The largest absolute Gasteiger partial charge is 0.378 e. The van der Waals surface area contributed by atoms with Gasteiger partial charge in [-0.05, 0) is 33.2 Å². The lowest BCUT2D eigenvalue weighted by molar-refractivity contribution is 0.0953. The summed E-state index contributed by atoms with van der Waals surface area (Å²) in [6, 6.07) is 0.378. The number of rotatable bonds is 6. The molecule has 4 nitrogen and oxygen atoms in total. The predicted octanol–water partition coefficient (Wildman–Crippen LogP) is 2.37. The lowest BCUT2D eigenvalue weighted by Crippen LogP contribution is -2.32. The van der Waals surface area contributed by atoms with E-state index in [0.717, 1.165) is 32.5 Å². The first-order chi connectivity index (χ1) is 8.76. The maximum atomic E-state index is 5.71. The second kappa shape index (κ2) is 6.34. The van der Waals surface area contributed by atoms with Gasteiger partial charge in [-0.25, -0.2) is 0 Å². The fourth-order valence-electron chi connectivity index (χ4n) is 2.72. The SMILES string of the molecule is CCCNC(c1cnn(CC)c1)C1CCOC1C. The van der Waals surface area contributed by atoms with Crippen molar-refractivity contribution in [2.24, 2.45) is 5.92 Å². The molecule has 1 aromatic heterocycles. The van der Waals surface area contributed by atoms with Gasteiger partial charge in [-0.15, -0.1) is 0 Å². The molecule has 1 aromatic rings. The molecule has 102 valence electrons. The zero-order valence-corrected chi connectivity index (χ0v) is 11.7. The number of nitrogens with zero attached hydrogens (tertiary/aromatic N) is 2. The van der Waals surface area contributed by atoms with Gasteiger partial charge in [0.25, 0.3) is 0 Å². The minimum absolute atomic E-state index is 0.337. The van der Waals surface area contributed by atoms with Crippen LogP contribution in [0, 0.1) is 5.92 Å². The Morgan fingerprint density at radius 3 is 2.94 bits per heavy atom. The van der Waals surface area contributed by atoms with Crippen molar-refractivity contribution >= 4 is 0 Å². The number of nitrogens with one attached hydrogen (secondary N) is 1. The fourth-order valence-corrected chi connectivity index (χ4v) is 2.72. The van der Waals surface area contributed by atoms with Gasteiger partial charge < -0.3 is 10.1 Å². The van der Waals surface area contributed by atoms with E-state index in [-0.39, 0.29) is 0 Å². The highest BCUT2D eigenvalue weighted by Crippen LogP contribution is 2.33. The molecular weight excluding hydrogens is 226 g/mol. The Labute approximate surface area is 110 Å². The molecule has 1 N–H and O–H groups in total. The average molecular weight is 251 g/mol. The molecule has 0 bridgehead atoms. The standard InChI is InChI=1S/C14H25N3O/c1-4-7-15-14(13-6-8-18-11(13)3)12-9-16-17(5-2)10-12/h9-11,13-15H,4-8H2,1-3H3. The molecule has 1 fully saturated rings. The van der Waals surface area contributed by atoms with E-state index in [9.17, 15) is 0 Å². The first kappa shape index (κ1) is 13.6. The smallest absolute Gasteiger partial charge is 0.0594 e. The summed E-state index contributed by atoms with van der Waals surface area (Å²) in [4.78, 5) is 0. The van der Waals surface area contributed by atoms with Gasteiger partial charge in [0.05, 0.1) is 12.3 Å². The molecule has 1 saturated heterocycles. The third-order valence-corrected chi connectivity index (χ3v) is 3.81. The van der Waals surface area contributed by atoms with E-state index in [4.69, 9.17) is 4.74 Å². The summed E-state index contributed by atoms with van der Waals surface area (Å²) >= 11 is 0. The Morgan fingerprint density at radius 1 is 1.56 bits per heavy atom. The number of aromatic nitrogens is 2. The molecule has 2 heterocycles. The third-order valence-electron chi connectivity index (χ3n) is 3.81. The molecule has 0 radical (unpaired) electrons. The Balaban J connectivity index is 2.13. The van der Waals surface area contributed by atoms with E-state index in [2.05, 4.69) is 37.4 Å². The maximum absolute atomic E-state index is 5.71. The van der Waals surface area contributed by atoms with Gasteiger partial charge in [-0.2, -0.15) is 5.10 Å². The number of hydrogen-bond acceptors (Lipinski definition) is 3. The van der Waals surface area contributed by atoms with Gasteiger partial charge in [0.15, 0.2) is 0 Å². The van der Waals surface area contributed by atoms with Crippen LogP contribution >= 0.6 is 0 Å². The van der Waals surface area contributed by atoms with E-state index in [1.807, 2.05) is 10.9 Å². The predicted molar refractivity (Wildman–Crippen MR) is 72.5 cm³/mol. The summed E-state index contributed by atoms with van der Waals surface area (Å²) in [5.41, 5.74) is 1.30. The van der Waals surface area contributed by atoms with Crippen LogP contribution in [0.4, 0.5) is 0 Å². The minimum Gasteiger partial charge on any atom is -0.378 e. The summed E-state index contributed by atoms with van der Waals surface area (Å²) in [5, 5.41) is 8.06. The lowest BCUT2D eigenvalue weighted by atomic mass is 9.89. The van der Waals surface area contributed by atoms with Crippen LogP contribution in [0.2, 0.25) is 0 Å². The summed E-state index contributed by atoms with van der Waals surface area (Å²) in [6.07, 6.45) is 6.80. The summed E-state index contributed by atoms with van der Waals surface area (Å²) in [5.74, 6) is 0.561. The highest BCUT2D eigenvalue weighted by Gasteiger charge is 2.33. The minimum atomic E-state index is 0.337. The third kappa shape index (κ3) is 2.93. The van der Waals surface area contributed by atoms with Gasteiger partial charge >= 0.3 is 0 Å². The number of hydrogen-bond donors (Lipinski definition) is 1. The fraction of sp³-hybridized carbons (Fsp3) is 0.786. The van der Waals surface area contributed by atoms with Gasteiger partial charge in [-0.1, -0.05) is 6.92 Å². The maximum Gasteiger partial charge on any atom is 0.0594 e. The highest BCUT2D eigenvalue weighted by molar-refractivity contribution is 5.13. The molecular formula is C14H25N3O. The summed E-state index contributed by atoms with van der Waals surface area (Å²) in [6.45, 7) is 9.36. The van der Waals surface area contributed by atoms with Crippen molar-refractivity contribution in [3.05, 3.63) is 18.0 Å². The first-order valence-electron chi connectivity index (χ1n) is 7.13. The number of aryl methyl sites for hydroxylation is 1. The molecule has 0 aliphatic carbocycles. The van der Waals surface area contributed by atoms with Gasteiger partial charge in [0, 0.05) is 36.9 Å². The van der Waals surface area contributed by atoms with E-state index >= 15 is 0 Å². The second-order valence-electron chi connectivity index (χ2n) is 5.09. The van der Waals surface area contributed by atoms with Crippen molar-refractivity contribution in [3.63, 3.8) is 0 Å². The number of ether oxygens (including phenoxy) is 1. The van der Waals surface area contributed by atoms with Crippen molar-refractivity contribution in [1.29, 1.82) is 0 Å². The van der Waals surface area contributed by atoms with E-state index < -0.39 is 0 Å². The van der Waals surface area contributed by atoms with Crippen molar-refractivity contribution < 1.29 is 4.74 Å². The molecule has 2 rings (SSSR count). The Kier molecular flexibility index (Phi) is 4.78. The molecule has 0 aromatic carbocycles. The first-order valence-corrected chi connectivity index (χ1v) is 7.13. The van der Waals surface area contributed by atoms with Gasteiger partial charge in [0.2, 0.25) is 0 Å². The monoisotopic (exact) mass is 251 g/mol. The van der Waals surface area contributed by atoms with Crippen molar-refractivity contribution in [3.8, 4) is 0 Å². The zero-order chi connectivity index (χ0) is 13.0. The molecule has 0 amide bonds. The van der Waals surface area contributed by atoms with Crippen LogP contribution in [0.5, 0.6) is 0 Å². The Bertz CT molecular complexity index is 364. The average Bonchev–Trinajstić information content (AvgIpc) is 3.00. The van der Waals surface area contributed by atoms with Crippen molar-refractivity contribution in [1.82, 2.24) is 15.1 Å².